The predicted molar refractivity (Wildman–Crippen MR) is 89.5 cm³/mol. The number of rotatable bonds is 5. The largest absolute Gasteiger partial charge is 0.352 e. The molecule has 0 unspecified atom stereocenters. The first-order valence-corrected chi connectivity index (χ1v) is 7.53. The smallest absolute Gasteiger partial charge is 0.251 e. The number of amides is 2. The number of aryl methyl sites for hydroxylation is 2. The fourth-order valence-electron chi connectivity index (χ4n) is 2.52. The highest BCUT2D eigenvalue weighted by Crippen LogP contribution is 2.13. The number of carbonyl (C=O) groups excluding carboxylic acids is 2. The summed E-state index contributed by atoms with van der Waals surface area (Å²) in [6.45, 7) is 5.97. The third kappa shape index (κ3) is 4.18. The summed E-state index contributed by atoms with van der Waals surface area (Å²) in [5, 5.41) is 9.94. The van der Waals surface area contributed by atoms with E-state index in [0.29, 0.717) is 17.8 Å². The maximum atomic E-state index is 12.2. The zero-order chi connectivity index (χ0) is 17.0. The number of benzene rings is 1. The van der Waals surface area contributed by atoms with Crippen LogP contribution < -0.4 is 10.6 Å². The fraction of sp³-hybridized carbons (Fsp3) is 0.353. The van der Waals surface area contributed by atoms with Crippen molar-refractivity contribution < 1.29 is 9.59 Å². The molecule has 0 saturated carbocycles. The van der Waals surface area contributed by atoms with E-state index in [2.05, 4.69) is 15.7 Å². The molecule has 1 aromatic heterocycles. The van der Waals surface area contributed by atoms with Crippen molar-refractivity contribution in [2.24, 2.45) is 7.05 Å². The molecule has 0 aliphatic rings. The quantitative estimate of drug-likeness (QED) is 0.886. The summed E-state index contributed by atoms with van der Waals surface area (Å²) in [5.41, 5.74) is 4.41. The summed E-state index contributed by atoms with van der Waals surface area (Å²) in [6.07, 6.45) is 0.739. The van der Waals surface area contributed by atoms with Crippen LogP contribution in [0.15, 0.2) is 24.3 Å². The molecule has 0 aliphatic heterocycles. The SMILES string of the molecule is CC(=O)Nc1cccc(C(=O)NCCc2c(C)nn(C)c2C)c1. The van der Waals surface area contributed by atoms with E-state index in [1.807, 2.05) is 25.6 Å². The Labute approximate surface area is 135 Å². The average Bonchev–Trinajstić information content (AvgIpc) is 2.73. The molecule has 0 radical (unpaired) electrons. The summed E-state index contributed by atoms with van der Waals surface area (Å²) in [6, 6.07) is 6.88. The monoisotopic (exact) mass is 314 g/mol. The van der Waals surface area contributed by atoms with Crippen LogP contribution in [-0.4, -0.2) is 28.1 Å². The van der Waals surface area contributed by atoms with Gasteiger partial charge in [0.2, 0.25) is 5.91 Å². The van der Waals surface area contributed by atoms with Gasteiger partial charge in [0.15, 0.2) is 0 Å². The molecule has 0 bridgehead atoms. The van der Waals surface area contributed by atoms with Gasteiger partial charge in [0, 0.05) is 37.5 Å². The Morgan fingerprint density at radius 3 is 2.61 bits per heavy atom. The number of anilines is 1. The first-order chi connectivity index (χ1) is 10.9. The van der Waals surface area contributed by atoms with Gasteiger partial charge in [-0.1, -0.05) is 6.07 Å². The van der Waals surface area contributed by atoms with Gasteiger partial charge >= 0.3 is 0 Å². The lowest BCUT2D eigenvalue weighted by Gasteiger charge is -2.08. The molecule has 0 atom stereocenters. The lowest BCUT2D eigenvalue weighted by atomic mass is 10.1. The van der Waals surface area contributed by atoms with E-state index in [9.17, 15) is 9.59 Å². The molecule has 23 heavy (non-hydrogen) atoms. The van der Waals surface area contributed by atoms with Gasteiger partial charge in [-0.3, -0.25) is 14.3 Å². The number of nitrogens with zero attached hydrogens (tertiary/aromatic N) is 2. The van der Waals surface area contributed by atoms with Crippen LogP contribution in [0, 0.1) is 13.8 Å². The highest BCUT2D eigenvalue weighted by atomic mass is 16.2. The standard InChI is InChI=1S/C17H22N4O2/c1-11-16(12(2)21(4)20-11)8-9-18-17(23)14-6-5-7-15(10-14)19-13(3)22/h5-7,10H,8-9H2,1-4H3,(H,18,23)(H,19,22). The van der Waals surface area contributed by atoms with Crippen LogP contribution in [0.5, 0.6) is 0 Å². The third-order valence-corrected chi connectivity index (χ3v) is 3.76. The summed E-state index contributed by atoms with van der Waals surface area (Å²) in [5.74, 6) is -0.318. The molecule has 1 aromatic carbocycles. The Morgan fingerprint density at radius 2 is 2.00 bits per heavy atom. The minimum Gasteiger partial charge on any atom is -0.352 e. The zero-order valence-electron chi connectivity index (χ0n) is 13.9. The lowest BCUT2D eigenvalue weighted by Crippen LogP contribution is -2.26. The summed E-state index contributed by atoms with van der Waals surface area (Å²) in [4.78, 5) is 23.3. The Kier molecular flexibility index (Phi) is 5.16. The lowest BCUT2D eigenvalue weighted by molar-refractivity contribution is -0.114. The Balaban J connectivity index is 1.96. The predicted octanol–water partition coefficient (Wildman–Crippen LogP) is 1.97. The molecule has 0 fully saturated rings. The van der Waals surface area contributed by atoms with E-state index in [4.69, 9.17) is 0 Å². The van der Waals surface area contributed by atoms with E-state index in [0.717, 1.165) is 17.8 Å². The summed E-state index contributed by atoms with van der Waals surface area (Å²) < 4.78 is 1.85. The topological polar surface area (TPSA) is 76.0 Å². The summed E-state index contributed by atoms with van der Waals surface area (Å²) >= 11 is 0. The van der Waals surface area contributed by atoms with Crippen molar-refractivity contribution in [3.8, 4) is 0 Å². The van der Waals surface area contributed by atoms with E-state index in [-0.39, 0.29) is 11.8 Å². The van der Waals surface area contributed by atoms with Crippen LogP contribution in [0.2, 0.25) is 0 Å². The van der Waals surface area contributed by atoms with Gasteiger partial charge in [0.1, 0.15) is 0 Å². The van der Waals surface area contributed by atoms with E-state index in [1.165, 1.54) is 12.5 Å². The number of aromatic nitrogens is 2. The molecular weight excluding hydrogens is 292 g/mol. The second-order valence-corrected chi connectivity index (χ2v) is 5.54. The first kappa shape index (κ1) is 16.7. The number of hydrogen-bond acceptors (Lipinski definition) is 3. The Morgan fingerprint density at radius 1 is 1.26 bits per heavy atom. The Bertz CT molecular complexity index is 734. The molecule has 0 aliphatic carbocycles. The van der Waals surface area contributed by atoms with Gasteiger partial charge in [-0.2, -0.15) is 5.10 Å². The number of hydrogen-bond donors (Lipinski definition) is 2. The summed E-state index contributed by atoms with van der Waals surface area (Å²) in [7, 11) is 1.91. The van der Waals surface area contributed by atoms with Gasteiger partial charge in [-0.05, 0) is 44.0 Å². The van der Waals surface area contributed by atoms with Crippen LogP contribution in [-0.2, 0) is 18.3 Å². The maximum absolute atomic E-state index is 12.2. The van der Waals surface area contributed by atoms with Crippen LogP contribution >= 0.6 is 0 Å². The highest BCUT2D eigenvalue weighted by Gasteiger charge is 2.10. The molecule has 0 saturated heterocycles. The molecule has 0 spiro atoms. The minimum atomic E-state index is -0.162. The van der Waals surface area contributed by atoms with Crippen molar-refractivity contribution in [1.29, 1.82) is 0 Å². The molecular formula is C17H22N4O2. The normalized spacial score (nSPS) is 10.4. The number of carbonyl (C=O) groups is 2. The van der Waals surface area contributed by atoms with Crippen molar-refractivity contribution in [1.82, 2.24) is 15.1 Å². The second-order valence-electron chi connectivity index (χ2n) is 5.54. The molecule has 2 aromatic rings. The molecule has 2 rings (SSSR count). The fourth-order valence-corrected chi connectivity index (χ4v) is 2.52. The Hall–Kier alpha value is -2.63. The minimum absolute atomic E-state index is 0.156. The van der Waals surface area contributed by atoms with Gasteiger partial charge in [0.25, 0.3) is 5.91 Å². The van der Waals surface area contributed by atoms with Crippen LogP contribution in [0.4, 0.5) is 5.69 Å². The van der Waals surface area contributed by atoms with E-state index in [1.54, 1.807) is 24.3 Å². The van der Waals surface area contributed by atoms with Gasteiger partial charge in [0.05, 0.1) is 5.69 Å². The third-order valence-electron chi connectivity index (χ3n) is 3.76. The molecule has 6 heteroatoms. The molecule has 2 N–H and O–H groups in total. The van der Waals surface area contributed by atoms with E-state index >= 15 is 0 Å². The molecule has 1 heterocycles. The van der Waals surface area contributed by atoms with Crippen LogP contribution in [0.1, 0.15) is 34.2 Å². The maximum Gasteiger partial charge on any atom is 0.251 e. The van der Waals surface area contributed by atoms with Crippen molar-refractivity contribution in [3.63, 3.8) is 0 Å². The molecule has 122 valence electrons. The molecule has 2 amide bonds. The van der Waals surface area contributed by atoms with Gasteiger partial charge < -0.3 is 10.6 Å². The van der Waals surface area contributed by atoms with Crippen molar-refractivity contribution >= 4 is 17.5 Å². The van der Waals surface area contributed by atoms with Crippen molar-refractivity contribution in [2.75, 3.05) is 11.9 Å². The van der Waals surface area contributed by atoms with Crippen molar-refractivity contribution in [3.05, 3.63) is 46.8 Å². The number of nitrogens with one attached hydrogen (secondary N) is 2. The van der Waals surface area contributed by atoms with Crippen LogP contribution in [0.25, 0.3) is 0 Å². The second kappa shape index (κ2) is 7.09. The van der Waals surface area contributed by atoms with Gasteiger partial charge in [-0.25, -0.2) is 0 Å². The van der Waals surface area contributed by atoms with Crippen LogP contribution in [0.3, 0.4) is 0 Å². The first-order valence-electron chi connectivity index (χ1n) is 7.53. The average molecular weight is 314 g/mol. The zero-order valence-corrected chi connectivity index (χ0v) is 13.9. The van der Waals surface area contributed by atoms with E-state index < -0.39 is 0 Å². The molecule has 6 nitrogen and oxygen atoms in total. The highest BCUT2D eigenvalue weighted by molar-refractivity contribution is 5.96. The van der Waals surface area contributed by atoms with Gasteiger partial charge in [-0.15, -0.1) is 0 Å². The van der Waals surface area contributed by atoms with Crippen molar-refractivity contribution in [2.45, 2.75) is 27.2 Å².